The van der Waals surface area contributed by atoms with Gasteiger partial charge in [-0.2, -0.15) is 0 Å². The van der Waals surface area contributed by atoms with Gasteiger partial charge in [0.2, 0.25) is 8.32 Å². The van der Waals surface area contributed by atoms with Crippen LogP contribution in [0.1, 0.15) is 47.1 Å². The Bertz CT molecular complexity index is 422. The molecule has 1 aromatic carbocycles. The summed E-state index contributed by atoms with van der Waals surface area (Å²) < 4.78 is 33.0. The van der Waals surface area contributed by atoms with E-state index in [-0.39, 0.29) is 6.61 Å². The van der Waals surface area contributed by atoms with Gasteiger partial charge in [-0.15, -0.1) is 0 Å². The van der Waals surface area contributed by atoms with Gasteiger partial charge >= 0.3 is 0 Å². The van der Waals surface area contributed by atoms with Crippen LogP contribution in [0.3, 0.4) is 0 Å². The van der Waals surface area contributed by atoms with Crippen molar-refractivity contribution in [2.24, 2.45) is 0 Å². The van der Waals surface area contributed by atoms with Crippen molar-refractivity contribution in [3.05, 3.63) is 35.4 Å². The minimum Gasteiger partial charge on any atom is -0.412 e. The lowest BCUT2D eigenvalue weighted by Gasteiger charge is -2.42. The van der Waals surface area contributed by atoms with Crippen LogP contribution in [0.5, 0.6) is 0 Å². The normalized spacial score (nSPS) is 12.8. The molecule has 0 radical (unpaired) electrons. The van der Waals surface area contributed by atoms with Crippen molar-refractivity contribution >= 4 is 8.32 Å². The molecule has 0 fully saturated rings. The van der Waals surface area contributed by atoms with Crippen molar-refractivity contribution in [1.82, 2.24) is 0 Å². The van der Waals surface area contributed by atoms with Crippen molar-refractivity contribution in [2.75, 3.05) is 0 Å². The minimum absolute atomic E-state index is 0.229. The standard InChI is InChI=1S/C16H26F2OSi/c1-11(2)20(12(3)4,13(5)6)19-10-14-7-8-15(17)9-16(14)18/h7-9,11-13H,10H2,1-6H3. The first kappa shape index (κ1) is 17.3. The molecule has 0 saturated carbocycles. The van der Waals surface area contributed by atoms with Gasteiger partial charge in [-0.1, -0.05) is 47.6 Å². The maximum atomic E-state index is 13.7. The molecule has 0 N–H and O–H groups in total. The smallest absolute Gasteiger partial charge is 0.200 e. The van der Waals surface area contributed by atoms with Crippen LogP contribution in [0.2, 0.25) is 16.6 Å². The van der Waals surface area contributed by atoms with E-state index in [9.17, 15) is 8.78 Å². The zero-order valence-electron chi connectivity index (χ0n) is 13.3. The third-order valence-corrected chi connectivity index (χ3v) is 10.3. The topological polar surface area (TPSA) is 9.23 Å². The summed E-state index contributed by atoms with van der Waals surface area (Å²) in [6.07, 6.45) is 0. The van der Waals surface area contributed by atoms with E-state index in [4.69, 9.17) is 4.43 Å². The van der Waals surface area contributed by atoms with E-state index < -0.39 is 20.0 Å². The minimum atomic E-state index is -2.01. The molecule has 0 aliphatic carbocycles. The van der Waals surface area contributed by atoms with Gasteiger partial charge in [0, 0.05) is 11.6 Å². The van der Waals surface area contributed by atoms with Crippen LogP contribution in [-0.4, -0.2) is 8.32 Å². The predicted molar refractivity (Wildman–Crippen MR) is 82.2 cm³/mol. The number of hydrogen-bond donors (Lipinski definition) is 0. The van der Waals surface area contributed by atoms with Gasteiger partial charge in [-0.3, -0.25) is 0 Å². The molecule has 0 bridgehead atoms. The Labute approximate surface area is 122 Å². The molecule has 4 heteroatoms. The molecular weight excluding hydrogens is 274 g/mol. The summed E-state index contributed by atoms with van der Waals surface area (Å²) in [5.41, 5.74) is 1.79. The summed E-state index contributed by atoms with van der Waals surface area (Å²) in [5, 5.41) is 0. The third kappa shape index (κ3) is 3.47. The molecule has 0 atom stereocenters. The lowest BCUT2D eigenvalue weighted by molar-refractivity contribution is 0.261. The molecule has 1 nitrogen and oxygen atoms in total. The molecule has 0 spiro atoms. The van der Waals surface area contributed by atoms with E-state index in [1.54, 1.807) is 0 Å². The highest BCUT2D eigenvalue weighted by molar-refractivity contribution is 6.77. The molecule has 20 heavy (non-hydrogen) atoms. The van der Waals surface area contributed by atoms with Gasteiger partial charge in [-0.25, -0.2) is 8.78 Å². The average Bonchev–Trinajstić information content (AvgIpc) is 2.30. The highest BCUT2D eigenvalue weighted by Gasteiger charge is 2.45. The van der Waals surface area contributed by atoms with E-state index in [0.29, 0.717) is 22.2 Å². The molecule has 0 aromatic heterocycles. The van der Waals surface area contributed by atoms with Gasteiger partial charge in [0.05, 0.1) is 6.61 Å². The van der Waals surface area contributed by atoms with Crippen LogP contribution >= 0.6 is 0 Å². The second-order valence-corrected chi connectivity index (χ2v) is 11.8. The van der Waals surface area contributed by atoms with E-state index in [2.05, 4.69) is 41.5 Å². The Kier molecular flexibility index (Phi) is 5.89. The van der Waals surface area contributed by atoms with E-state index in [1.807, 2.05) is 0 Å². The molecule has 0 saturated heterocycles. The van der Waals surface area contributed by atoms with Gasteiger partial charge in [0.15, 0.2) is 0 Å². The van der Waals surface area contributed by atoms with Crippen molar-refractivity contribution in [1.29, 1.82) is 0 Å². The third-order valence-electron chi connectivity index (χ3n) is 4.20. The second-order valence-electron chi connectivity index (χ2n) is 6.34. The number of halogens is 2. The van der Waals surface area contributed by atoms with Crippen LogP contribution in [-0.2, 0) is 11.0 Å². The first-order chi connectivity index (χ1) is 9.21. The molecule has 1 rings (SSSR count). The highest BCUT2D eigenvalue weighted by Crippen LogP contribution is 2.42. The van der Waals surface area contributed by atoms with Crippen LogP contribution in [0.4, 0.5) is 8.78 Å². The van der Waals surface area contributed by atoms with Crippen LogP contribution < -0.4 is 0 Å². The maximum Gasteiger partial charge on any atom is 0.200 e. The van der Waals surface area contributed by atoms with E-state index in [1.165, 1.54) is 12.1 Å². The summed E-state index contributed by atoms with van der Waals surface area (Å²) in [5.74, 6) is -1.07. The average molecular weight is 300 g/mol. The van der Waals surface area contributed by atoms with Crippen LogP contribution in [0.15, 0.2) is 18.2 Å². The molecule has 114 valence electrons. The number of benzene rings is 1. The van der Waals surface area contributed by atoms with Crippen molar-refractivity contribution in [3.8, 4) is 0 Å². The van der Waals surface area contributed by atoms with Gasteiger partial charge in [-0.05, 0) is 22.7 Å². The quantitative estimate of drug-likeness (QED) is 0.616. The first-order valence-electron chi connectivity index (χ1n) is 7.29. The zero-order valence-corrected chi connectivity index (χ0v) is 14.3. The first-order valence-corrected chi connectivity index (χ1v) is 9.43. The van der Waals surface area contributed by atoms with Crippen molar-refractivity contribution in [3.63, 3.8) is 0 Å². The number of hydrogen-bond acceptors (Lipinski definition) is 1. The Morgan fingerprint density at radius 1 is 0.950 bits per heavy atom. The van der Waals surface area contributed by atoms with Gasteiger partial charge < -0.3 is 4.43 Å². The fourth-order valence-electron chi connectivity index (χ4n) is 3.34. The Balaban J connectivity index is 2.97. The Morgan fingerprint density at radius 2 is 1.45 bits per heavy atom. The van der Waals surface area contributed by atoms with Crippen molar-refractivity contribution < 1.29 is 13.2 Å². The highest BCUT2D eigenvalue weighted by atomic mass is 28.4. The van der Waals surface area contributed by atoms with Gasteiger partial charge in [0.25, 0.3) is 0 Å². The lowest BCUT2D eigenvalue weighted by Crippen LogP contribution is -2.47. The Hall–Kier alpha value is -0.743. The summed E-state index contributed by atoms with van der Waals surface area (Å²) in [6.45, 7) is 13.4. The predicted octanol–water partition coefficient (Wildman–Crippen LogP) is 5.66. The summed E-state index contributed by atoms with van der Waals surface area (Å²) in [7, 11) is -2.01. The monoisotopic (exact) mass is 300 g/mol. The summed E-state index contributed by atoms with van der Waals surface area (Å²) >= 11 is 0. The number of rotatable bonds is 6. The van der Waals surface area contributed by atoms with E-state index >= 15 is 0 Å². The SMILES string of the molecule is CC(C)[Si](OCc1ccc(F)cc1F)(C(C)C)C(C)C. The molecule has 0 unspecified atom stereocenters. The Morgan fingerprint density at radius 3 is 1.85 bits per heavy atom. The fraction of sp³-hybridized carbons (Fsp3) is 0.625. The summed E-state index contributed by atoms with van der Waals surface area (Å²) in [4.78, 5) is 0. The van der Waals surface area contributed by atoms with Crippen LogP contribution in [0, 0.1) is 11.6 Å². The molecular formula is C16H26F2OSi. The largest absolute Gasteiger partial charge is 0.412 e. The van der Waals surface area contributed by atoms with Crippen molar-refractivity contribution in [2.45, 2.75) is 64.8 Å². The fourth-order valence-corrected chi connectivity index (χ4v) is 8.75. The van der Waals surface area contributed by atoms with E-state index in [0.717, 1.165) is 6.07 Å². The molecule has 0 aliphatic rings. The molecule has 1 aromatic rings. The second kappa shape index (κ2) is 6.81. The van der Waals surface area contributed by atoms with Gasteiger partial charge in [0.1, 0.15) is 11.6 Å². The summed E-state index contributed by atoms with van der Waals surface area (Å²) in [6, 6.07) is 3.68. The maximum absolute atomic E-state index is 13.7. The lowest BCUT2D eigenvalue weighted by atomic mass is 10.2. The molecule has 0 heterocycles. The molecule has 0 aliphatic heterocycles. The molecule has 0 amide bonds. The van der Waals surface area contributed by atoms with Crippen LogP contribution in [0.25, 0.3) is 0 Å². The zero-order chi connectivity index (χ0) is 15.5.